The van der Waals surface area contributed by atoms with E-state index in [1.807, 2.05) is 18.3 Å². The number of nitrogens with zero attached hydrogens (tertiary/aromatic N) is 4. The van der Waals surface area contributed by atoms with Crippen molar-refractivity contribution in [2.75, 3.05) is 9.80 Å². The molecule has 330 valence electrons. The SMILES string of the molecule is CC(C)(C)C1=C(C(C)(C)C)N(c2cccc(C(C)(C)C)c2)[CH-]N1c1[c-]c(Oc2[c-]c3c(cc2)c2cc(C(C)(C)c4ccccc4)ccc2n3-c2cc(C(C)(C)C)ccn2)ccc1.[Pt]. The molecule has 0 aliphatic carbocycles. The molecule has 0 N–H and O–H groups in total. The van der Waals surface area contributed by atoms with Gasteiger partial charge in [0.1, 0.15) is 5.82 Å². The first-order valence-corrected chi connectivity index (χ1v) is 22.0. The normalized spacial score (nSPS) is 14.2. The van der Waals surface area contributed by atoms with E-state index < -0.39 is 0 Å². The van der Waals surface area contributed by atoms with E-state index in [0.29, 0.717) is 11.5 Å². The van der Waals surface area contributed by atoms with Crippen molar-refractivity contribution >= 4 is 33.2 Å². The summed E-state index contributed by atoms with van der Waals surface area (Å²) in [6.07, 6.45) is 1.92. The van der Waals surface area contributed by atoms with E-state index >= 15 is 0 Å². The molecule has 0 bridgehead atoms. The topological polar surface area (TPSA) is 33.5 Å². The molecule has 0 saturated carbocycles. The van der Waals surface area contributed by atoms with Crippen LogP contribution >= 0.6 is 0 Å². The largest absolute Gasteiger partial charge is 0.509 e. The Hall–Kier alpha value is -5.12. The summed E-state index contributed by atoms with van der Waals surface area (Å²) in [5, 5.41) is 2.25. The molecule has 1 aliphatic rings. The minimum Gasteiger partial charge on any atom is -0.509 e. The molecule has 5 nitrogen and oxygen atoms in total. The van der Waals surface area contributed by atoms with Gasteiger partial charge in [0, 0.05) is 77.6 Å². The number of allylic oxidation sites excluding steroid dienone is 2. The number of ether oxygens (including phenoxy) is 1. The van der Waals surface area contributed by atoms with Crippen molar-refractivity contribution in [3.63, 3.8) is 0 Å². The minimum atomic E-state index is -0.197. The maximum atomic E-state index is 6.75. The second-order valence-corrected chi connectivity index (χ2v) is 21.7. The van der Waals surface area contributed by atoms with Crippen molar-refractivity contribution in [1.82, 2.24) is 9.55 Å². The van der Waals surface area contributed by atoms with Crippen LogP contribution < -0.4 is 14.5 Å². The van der Waals surface area contributed by atoms with E-state index in [4.69, 9.17) is 9.72 Å². The number of pyridine rings is 1. The van der Waals surface area contributed by atoms with Gasteiger partial charge in [0.2, 0.25) is 0 Å². The third kappa shape index (κ3) is 8.88. The third-order valence-electron chi connectivity index (χ3n) is 12.3. The zero-order valence-corrected chi connectivity index (χ0v) is 41.9. The third-order valence-corrected chi connectivity index (χ3v) is 12.3. The summed E-state index contributed by atoms with van der Waals surface area (Å²) in [4.78, 5) is 9.65. The number of aromatic nitrogens is 2. The molecule has 0 fully saturated rings. The van der Waals surface area contributed by atoms with E-state index in [1.54, 1.807) is 0 Å². The van der Waals surface area contributed by atoms with Crippen molar-refractivity contribution in [3.8, 4) is 17.3 Å². The molecule has 0 radical (unpaired) electrons. The molecule has 0 atom stereocenters. The van der Waals surface area contributed by atoms with E-state index in [2.05, 4.69) is 233 Å². The van der Waals surface area contributed by atoms with E-state index in [-0.39, 0.29) is 48.1 Å². The molecular weight excluding hydrogens is 952 g/mol. The summed E-state index contributed by atoms with van der Waals surface area (Å²) in [6, 6.07) is 48.6. The van der Waals surface area contributed by atoms with Gasteiger partial charge in [0.25, 0.3) is 0 Å². The fourth-order valence-corrected chi connectivity index (χ4v) is 8.79. The molecule has 0 spiro atoms. The van der Waals surface area contributed by atoms with Gasteiger partial charge in [0.15, 0.2) is 0 Å². The summed E-state index contributed by atoms with van der Waals surface area (Å²) >= 11 is 0. The van der Waals surface area contributed by atoms with E-state index in [0.717, 1.165) is 39.0 Å². The van der Waals surface area contributed by atoms with Gasteiger partial charge in [-0.2, -0.15) is 12.1 Å². The number of fused-ring (bicyclic) bond motifs is 3. The number of hydrogen-bond acceptors (Lipinski definition) is 4. The van der Waals surface area contributed by atoms with Crippen molar-refractivity contribution in [3.05, 3.63) is 174 Å². The Morgan fingerprint density at radius 2 is 1.13 bits per heavy atom. The summed E-state index contributed by atoms with van der Waals surface area (Å²) in [5.74, 6) is 2.08. The second-order valence-electron chi connectivity index (χ2n) is 21.7. The quantitative estimate of drug-likeness (QED) is 0.149. The Morgan fingerprint density at radius 3 is 1.79 bits per heavy atom. The van der Waals surface area contributed by atoms with Gasteiger partial charge in [-0.15, -0.1) is 48.1 Å². The standard InChI is InChI=1S/C57H63N4O.Pt/c1-53(2,3)39-22-18-23-42(32-39)59-37-60(52(56(10,11)12)51(59)55(7,8)9)43-24-19-25-44(35-43)62-45-27-28-46-47-33-41(57(13,14)38-20-16-15-17-21-38)26-29-48(47)61(49(46)36-45)50-34-40(30-31-58-50)54(4,5)6;/h15-34,37H,1-14H3;/q-3;. The van der Waals surface area contributed by atoms with Crippen LogP contribution in [-0.2, 0) is 37.3 Å². The molecule has 0 saturated heterocycles. The molecule has 0 unspecified atom stereocenters. The Balaban J connectivity index is 0.00000595. The molecule has 2 aromatic heterocycles. The Labute approximate surface area is 391 Å². The van der Waals surface area contributed by atoms with Gasteiger partial charge in [-0.3, -0.25) is 0 Å². The molecule has 7 aromatic rings. The first-order valence-electron chi connectivity index (χ1n) is 22.0. The summed E-state index contributed by atoms with van der Waals surface area (Å²) in [5.41, 5.74) is 11.0. The van der Waals surface area contributed by atoms with Crippen LogP contribution in [0.4, 0.5) is 11.4 Å². The molecule has 63 heavy (non-hydrogen) atoms. The van der Waals surface area contributed by atoms with Gasteiger partial charge in [0.05, 0.1) is 0 Å². The summed E-state index contributed by atoms with van der Waals surface area (Å²) < 4.78 is 8.99. The fraction of sp³-hybridized carbons (Fsp3) is 0.333. The predicted octanol–water partition coefficient (Wildman–Crippen LogP) is 15.2. The summed E-state index contributed by atoms with van der Waals surface area (Å²) in [6.45, 7) is 34.2. The van der Waals surface area contributed by atoms with Crippen LogP contribution in [0.15, 0.2) is 133 Å². The average Bonchev–Trinajstić information content (AvgIpc) is 3.79. The maximum Gasteiger partial charge on any atom is 0.135 e. The van der Waals surface area contributed by atoms with Crippen LogP contribution in [0.5, 0.6) is 11.5 Å². The van der Waals surface area contributed by atoms with Gasteiger partial charge < -0.3 is 19.1 Å². The van der Waals surface area contributed by atoms with Crippen molar-refractivity contribution in [1.29, 1.82) is 0 Å². The Kier molecular flexibility index (Phi) is 12.0. The molecular formula is C57H63N4OPt-3. The molecule has 8 rings (SSSR count). The maximum absolute atomic E-state index is 6.75. The smallest absolute Gasteiger partial charge is 0.135 e. The van der Waals surface area contributed by atoms with Gasteiger partial charge in [-0.1, -0.05) is 157 Å². The zero-order valence-electron chi connectivity index (χ0n) is 39.6. The van der Waals surface area contributed by atoms with Gasteiger partial charge >= 0.3 is 0 Å². The van der Waals surface area contributed by atoms with Crippen LogP contribution in [0.25, 0.3) is 27.6 Å². The summed E-state index contributed by atoms with van der Waals surface area (Å²) in [7, 11) is 0. The molecule has 1 aliphatic heterocycles. The first kappa shape index (κ1) is 45.9. The van der Waals surface area contributed by atoms with Crippen LogP contribution in [-0.4, -0.2) is 9.55 Å². The number of anilines is 2. The second kappa shape index (κ2) is 16.5. The number of hydrogen-bond donors (Lipinski definition) is 0. The Bertz CT molecular complexity index is 2820. The van der Waals surface area contributed by atoms with Crippen LogP contribution in [0, 0.1) is 29.6 Å². The average molecular weight is 1020 g/mol. The van der Waals surface area contributed by atoms with Crippen LogP contribution in [0.1, 0.15) is 119 Å². The van der Waals surface area contributed by atoms with Crippen LogP contribution in [0.2, 0.25) is 0 Å². The van der Waals surface area contributed by atoms with Crippen molar-refractivity contribution < 1.29 is 25.8 Å². The van der Waals surface area contributed by atoms with Crippen LogP contribution in [0.3, 0.4) is 0 Å². The Morgan fingerprint density at radius 1 is 0.508 bits per heavy atom. The number of rotatable bonds is 7. The first-order chi connectivity index (χ1) is 29.0. The molecule has 5 aromatic carbocycles. The predicted molar refractivity (Wildman–Crippen MR) is 260 cm³/mol. The van der Waals surface area contributed by atoms with Crippen molar-refractivity contribution in [2.24, 2.45) is 10.8 Å². The van der Waals surface area contributed by atoms with E-state index in [1.165, 1.54) is 33.6 Å². The molecule has 3 heterocycles. The zero-order chi connectivity index (χ0) is 44.6. The molecule has 0 amide bonds. The number of benzene rings is 5. The molecule has 6 heteroatoms. The van der Waals surface area contributed by atoms with E-state index in [9.17, 15) is 0 Å². The van der Waals surface area contributed by atoms with Crippen molar-refractivity contribution in [2.45, 2.75) is 113 Å². The fourth-order valence-electron chi connectivity index (χ4n) is 8.79. The monoisotopic (exact) mass is 1010 g/mol. The van der Waals surface area contributed by atoms with Gasteiger partial charge in [-0.25, -0.2) is 4.98 Å². The van der Waals surface area contributed by atoms with Gasteiger partial charge in [-0.05, 0) is 68.8 Å². The minimum absolute atomic E-state index is 0.